The summed E-state index contributed by atoms with van der Waals surface area (Å²) in [6.07, 6.45) is 1.84. The van der Waals surface area contributed by atoms with Crippen LogP contribution in [-0.4, -0.2) is 6.29 Å². The summed E-state index contributed by atoms with van der Waals surface area (Å²) in [7, 11) is 0. The van der Waals surface area contributed by atoms with Crippen LogP contribution >= 0.6 is 0 Å². The summed E-state index contributed by atoms with van der Waals surface area (Å²) in [4.78, 5) is 10.3. The molecule has 0 aliphatic carbocycles. The molecular formula is C10H12O. The van der Waals surface area contributed by atoms with E-state index in [4.69, 9.17) is 0 Å². The number of hydrogen-bond donors (Lipinski definition) is 0. The zero-order chi connectivity index (χ0) is 8.10. The summed E-state index contributed by atoms with van der Waals surface area (Å²) in [5.41, 5.74) is 1.23. The van der Waals surface area contributed by atoms with Gasteiger partial charge < -0.3 is 4.79 Å². The minimum absolute atomic E-state index is 0.136. The molecule has 0 fully saturated rings. The second kappa shape index (κ2) is 3.91. The van der Waals surface area contributed by atoms with Crippen molar-refractivity contribution in [2.24, 2.45) is 5.92 Å². The first-order chi connectivity index (χ1) is 5.33. The molecule has 0 saturated carbocycles. The molecule has 1 aromatic carbocycles. The molecular weight excluding hydrogens is 136 g/mol. The first-order valence-electron chi connectivity index (χ1n) is 3.82. The van der Waals surface area contributed by atoms with Gasteiger partial charge in [-0.3, -0.25) is 0 Å². The van der Waals surface area contributed by atoms with E-state index in [-0.39, 0.29) is 5.92 Å². The summed E-state index contributed by atoms with van der Waals surface area (Å²) in [5, 5.41) is 0. The molecule has 11 heavy (non-hydrogen) atoms. The first-order valence-corrected chi connectivity index (χ1v) is 3.82. The zero-order valence-corrected chi connectivity index (χ0v) is 6.66. The first kappa shape index (κ1) is 7.99. The Morgan fingerprint density at radius 2 is 2.00 bits per heavy atom. The lowest BCUT2D eigenvalue weighted by molar-refractivity contribution is -0.110. The van der Waals surface area contributed by atoms with Crippen molar-refractivity contribution in [1.29, 1.82) is 0 Å². The largest absolute Gasteiger partial charge is 0.303 e. The van der Waals surface area contributed by atoms with Gasteiger partial charge >= 0.3 is 0 Å². The highest BCUT2D eigenvalue weighted by Crippen LogP contribution is 2.05. The third-order valence-corrected chi connectivity index (χ3v) is 1.63. The van der Waals surface area contributed by atoms with Gasteiger partial charge in [0.15, 0.2) is 0 Å². The number of carbonyl (C=O) groups is 1. The van der Waals surface area contributed by atoms with Crippen LogP contribution in [-0.2, 0) is 11.2 Å². The van der Waals surface area contributed by atoms with Crippen LogP contribution in [0.5, 0.6) is 0 Å². The maximum absolute atomic E-state index is 10.3. The molecule has 0 bridgehead atoms. The standard InChI is InChI=1S/C10H12O/c1-9(8-11)7-10-5-3-2-4-6-10/h2-6,8-9H,7H2,1H3/t9-/m0/s1. The van der Waals surface area contributed by atoms with Gasteiger partial charge in [-0.05, 0) is 12.0 Å². The van der Waals surface area contributed by atoms with E-state index in [0.717, 1.165) is 12.7 Å². The van der Waals surface area contributed by atoms with Crippen LogP contribution in [0.1, 0.15) is 12.5 Å². The second-order valence-electron chi connectivity index (χ2n) is 2.80. The van der Waals surface area contributed by atoms with E-state index in [1.165, 1.54) is 5.56 Å². The van der Waals surface area contributed by atoms with Gasteiger partial charge in [-0.2, -0.15) is 0 Å². The average Bonchev–Trinajstić information content (AvgIpc) is 2.06. The maximum atomic E-state index is 10.3. The van der Waals surface area contributed by atoms with E-state index in [2.05, 4.69) is 0 Å². The third kappa shape index (κ3) is 2.54. The molecule has 0 radical (unpaired) electrons. The van der Waals surface area contributed by atoms with Crippen LogP contribution in [0.2, 0.25) is 0 Å². The number of hydrogen-bond acceptors (Lipinski definition) is 1. The van der Waals surface area contributed by atoms with Crippen LogP contribution in [0.4, 0.5) is 0 Å². The van der Waals surface area contributed by atoms with Crippen LogP contribution in [0.15, 0.2) is 30.3 Å². The Balaban J connectivity index is 2.57. The predicted octanol–water partition coefficient (Wildman–Crippen LogP) is 2.06. The molecule has 0 aromatic heterocycles. The normalized spacial score (nSPS) is 12.5. The molecule has 1 rings (SSSR count). The van der Waals surface area contributed by atoms with E-state index < -0.39 is 0 Å². The second-order valence-corrected chi connectivity index (χ2v) is 2.80. The minimum atomic E-state index is 0.136. The number of benzene rings is 1. The van der Waals surface area contributed by atoms with E-state index in [1.807, 2.05) is 37.3 Å². The zero-order valence-electron chi connectivity index (χ0n) is 6.66. The van der Waals surface area contributed by atoms with Crippen molar-refractivity contribution in [2.75, 3.05) is 0 Å². The van der Waals surface area contributed by atoms with Gasteiger partial charge in [0, 0.05) is 5.92 Å². The average molecular weight is 148 g/mol. The van der Waals surface area contributed by atoms with Crippen molar-refractivity contribution in [2.45, 2.75) is 13.3 Å². The Morgan fingerprint density at radius 1 is 1.36 bits per heavy atom. The van der Waals surface area contributed by atoms with Crippen molar-refractivity contribution in [3.63, 3.8) is 0 Å². The maximum Gasteiger partial charge on any atom is 0.123 e. The van der Waals surface area contributed by atoms with E-state index in [1.54, 1.807) is 0 Å². The fourth-order valence-electron chi connectivity index (χ4n) is 1.03. The summed E-state index contributed by atoms with van der Waals surface area (Å²) in [5.74, 6) is 0.136. The molecule has 0 amide bonds. The van der Waals surface area contributed by atoms with Crippen molar-refractivity contribution >= 4 is 6.29 Å². The Labute approximate surface area is 67.1 Å². The van der Waals surface area contributed by atoms with Gasteiger partial charge in [-0.15, -0.1) is 0 Å². The molecule has 0 heterocycles. The van der Waals surface area contributed by atoms with Crippen LogP contribution in [0.25, 0.3) is 0 Å². The quantitative estimate of drug-likeness (QED) is 0.600. The Hall–Kier alpha value is -1.11. The van der Waals surface area contributed by atoms with E-state index in [0.29, 0.717) is 0 Å². The molecule has 0 aliphatic heterocycles. The number of rotatable bonds is 3. The van der Waals surface area contributed by atoms with Gasteiger partial charge in [0.1, 0.15) is 6.29 Å². The fraction of sp³-hybridized carbons (Fsp3) is 0.300. The summed E-state index contributed by atoms with van der Waals surface area (Å²) in [6.45, 7) is 1.93. The van der Waals surface area contributed by atoms with E-state index in [9.17, 15) is 4.79 Å². The minimum Gasteiger partial charge on any atom is -0.303 e. The van der Waals surface area contributed by atoms with Crippen molar-refractivity contribution in [3.8, 4) is 0 Å². The summed E-state index contributed by atoms with van der Waals surface area (Å²) < 4.78 is 0. The Morgan fingerprint density at radius 3 is 2.55 bits per heavy atom. The van der Waals surface area contributed by atoms with Crippen LogP contribution in [0, 0.1) is 5.92 Å². The van der Waals surface area contributed by atoms with Gasteiger partial charge in [0.05, 0.1) is 0 Å². The van der Waals surface area contributed by atoms with Gasteiger partial charge in [-0.1, -0.05) is 37.3 Å². The lowest BCUT2D eigenvalue weighted by Crippen LogP contribution is -1.99. The molecule has 1 nitrogen and oxygen atoms in total. The Kier molecular flexibility index (Phi) is 2.84. The van der Waals surface area contributed by atoms with Gasteiger partial charge in [0.2, 0.25) is 0 Å². The molecule has 0 unspecified atom stereocenters. The molecule has 0 saturated heterocycles. The Bertz CT molecular complexity index is 216. The highest BCUT2D eigenvalue weighted by Gasteiger charge is 1.99. The summed E-state index contributed by atoms with van der Waals surface area (Å²) in [6, 6.07) is 10.1. The van der Waals surface area contributed by atoms with Gasteiger partial charge in [-0.25, -0.2) is 0 Å². The lowest BCUT2D eigenvalue weighted by atomic mass is 10.0. The highest BCUT2D eigenvalue weighted by molar-refractivity contribution is 5.53. The monoisotopic (exact) mass is 148 g/mol. The number of carbonyl (C=O) groups excluding carboxylic acids is 1. The fourth-order valence-corrected chi connectivity index (χ4v) is 1.03. The molecule has 0 aliphatic rings. The van der Waals surface area contributed by atoms with Gasteiger partial charge in [0.25, 0.3) is 0 Å². The van der Waals surface area contributed by atoms with Crippen molar-refractivity contribution < 1.29 is 4.79 Å². The summed E-state index contributed by atoms with van der Waals surface area (Å²) >= 11 is 0. The molecule has 0 spiro atoms. The van der Waals surface area contributed by atoms with Crippen LogP contribution in [0.3, 0.4) is 0 Å². The number of aldehydes is 1. The molecule has 58 valence electrons. The predicted molar refractivity (Wildman–Crippen MR) is 45.4 cm³/mol. The molecule has 1 atom stereocenters. The van der Waals surface area contributed by atoms with E-state index >= 15 is 0 Å². The highest BCUT2D eigenvalue weighted by atomic mass is 16.1. The molecule has 0 N–H and O–H groups in total. The smallest absolute Gasteiger partial charge is 0.123 e. The van der Waals surface area contributed by atoms with Crippen molar-refractivity contribution in [3.05, 3.63) is 35.9 Å². The molecule has 1 heteroatoms. The SMILES string of the molecule is C[C@H](C=O)Cc1ccccc1. The topological polar surface area (TPSA) is 17.1 Å². The lowest BCUT2D eigenvalue weighted by Gasteiger charge is -2.01. The van der Waals surface area contributed by atoms with Crippen LogP contribution < -0.4 is 0 Å². The molecule has 1 aromatic rings. The third-order valence-electron chi connectivity index (χ3n) is 1.63. The van der Waals surface area contributed by atoms with Crippen molar-refractivity contribution in [1.82, 2.24) is 0 Å².